The maximum absolute atomic E-state index is 13.0. The van der Waals surface area contributed by atoms with Gasteiger partial charge in [-0.05, 0) is 30.2 Å². The Morgan fingerprint density at radius 1 is 1.04 bits per heavy atom. The van der Waals surface area contributed by atoms with E-state index in [1.54, 1.807) is 49.4 Å². The minimum atomic E-state index is -3.58. The number of benzene rings is 2. The summed E-state index contributed by atoms with van der Waals surface area (Å²) in [6.45, 7) is 1.76. The zero-order valence-electron chi connectivity index (χ0n) is 14.3. The highest BCUT2D eigenvalue weighted by Gasteiger charge is 2.31. The zero-order chi connectivity index (χ0) is 18.6. The smallest absolute Gasteiger partial charge is 0.243 e. The van der Waals surface area contributed by atoms with E-state index in [0.29, 0.717) is 5.56 Å². The second-order valence-corrected chi connectivity index (χ2v) is 7.92. The van der Waals surface area contributed by atoms with Gasteiger partial charge < -0.3 is 5.32 Å². The van der Waals surface area contributed by atoms with Crippen LogP contribution in [0.4, 0.5) is 4.39 Å². The molecule has 1 N–H and O–H groups in total. The van der Waals surface area contributed by atoms with Crippen LogP contribution in [0.3, 0.4) is 0 Å². The van der Waals surface area contributed by atoms with Crippen molar-refractivity contribution in [1.29, 1.82) is 0 Å². The molecule has 0 aromatic heterocycles. The van der Waals surface area contributed by atoms with Crippen molar-refractivity contribution in [1.82, 2.24) is 9.62 Å². The summed E-state index contributed by atoms with van der Waals surface area (Å²) in [5.41, 5.74) is 1.29. The van der Waals surface area contributed by atoms with Crippen LogP contribution < -0.4 is 5.32 Å². The van der Waals surface area contributed by atoms with Gasteiger partial charge in [0, 0.05) is 7.05 Å². The van der Waals surface area contributed by atoms with Crippen molar-refractivity contribution in [3.63, 3.8) is 0 Å². The molecule has 2 aromatic rings. The normalized spacial score (nSPS) is 14.1. The van der Waals surface area contributed by atoms with E-state index in [4.69, 9.17) is 0 Å². The van der Waals surface area contributed by atoms with Crippen LogP contribution in [0.2, 0.25) is 0 Å². The lowest BCUT2D eigenvalue weighted by molar-refractivity contribution is -0.125. The summed E-state index contributed by atoms with van der Waals surface area (Å²) in [5, 5.41) is 2.80. The van der Waals surface area contributed by atoms with E-state index in [1.807, 2.05) is 0 Å². The number of halogens is 1. The van der Waals surface area contributed by atoms with Gasteiger partial charge in [-0.1, -0.05) is 42.5 Å². The van der Waals surface area contributed by atoms with Crippen LogP contribution in [0.15, 0.2) is 54.6 Å². The standard InChI is InChI=1S/C18H21FN2O3S/c1-13(14-9-11-16(19)12-10-14)20-18(22)17(21(2)25(3,23)24)15-7-5-4-6-8-15/h4-13,17H,1-3H3,(H,20,22)/t13-,17-/m1/s1. The number of carbonyl (C=O) groups excluding carboxylic acids is 1. The van der Waals surface area contributed by atoms with Crippen LogP contribution in [0.25, 0.3) is 0 Å². The lowest BCUT2D eigenvalue weighted by atomic mass is 10.0. The molecule has 1 amide bonds. The quantitative estimate of drug-likeness (QED) is 0.857. The molecule has 2 aromatic carbocycles. The fraction of sp³-hybridized carbons (Fsp3) is 0.278. The predicted octanol–water partition coefficient (Wildman–Crippen LogP) is 2.64. The van der Waals surface area contributed by atoms with Crippen molar-refractivity contribution >= 4 is 15.9 Å². The molecule has 25 heavy (non-hydrogen) atoms. The Morgan fingerprint density at radius 3 is 2.12 bits per heavy atom. The molecule has 0 saturated heterocycles. The SMILES string of the molecule is C[C@@H](NC(=O)[C@@H](c1ccccc1)N(C)S(C)(=O)=O)c1ccc(F)cc1. The first-order valence-corrected chi connectivity index (χ1v) is 9.59. The van der Waals surface area contributed by atoms with Crippen molar-refractivity contribution < 1.29 is 17.6 Å². The molecule has 2 rings (SSSR count). The van der Waals surface area contributed by atoms with Crippen LogP contribution in [-0.4, -0.2) is 31.9 Å². The van der Waals surface area contributed by atoms with Gasteiger partial charge in [0.1, 0.15) is 11.9 Å². The highest BCUT2D eigenvalue weighted by atomic mass is 32.2. The highest BCUT2D eigenvalue weighted by Crippen LogP contribution is 2.23. The average Bonchev–Trinajstić information content (AvgIpc) is 2.55. The van der Waals surface area contributed by atoms with Gasteiger partial charge in [0.15, 0.2) is 0 Å². The van der Waals surface area contributed by atoms with Crippen LogP contribution in [0.1, 0.15) is 30.1 Å². The summed E-state index contributed by atoms with van der Waals surface area (Å²) in [6.07, 6.45) is 1.06. The Balaban J connectivity index is 2.28. The summed E-state index contributed by atoms with van der Waals surface area (Å²) < 4.78 is 38.0. The topological polar surface area (TPSA) is 66.5 Å². The molecule has 2 atom stereocenters. The number of carbonyl (C=O) groups is 1. The van der Waals surface area contributed by atoms with Crippen LogP contribution in [0, 0.1) is 5.82 Å². The molecule has 0 aliphatic carbocycles. The van der Waals surface area contributed by atoms with Gasteiger partial charge in [-0.25, -0.2) is 12.8 Å². The van der Waals surface area contributed by atoms with Crippen molar-refractivity contribution in [2.24, 2.45) is 0 Å². The summed E-state index contributed by atoms with van der Waals surface area (Å²) >= 11 is 0. The largest absolute Gasteiger partial charge is 0.348 e. The molecule has 134 valence electrons. The van der Waals surface area contributed by atoms with Gasteiger partial charge in [0.25, 0.3) is 0 Å². The first-order valence-electron chi connectivity index (χ1n) is 7.74. The van der Waals surface area contributed by atoms with Crippen molar-refractivity contribution in [2.75, 3.05) is 13.3 Å². The second-order valence-electron chi connectivity index (χ2n) is 5.87. The summed E-state index contributed by atoms with van der Waals surface area (Å²) in [7, 11) is -2.21. The molecule has 0 spiro atoms. The fourth-order valence-corrected chi connectivity index (χ4v) is 3.08. The Hall–Kier alpha value is -2.25. The van der Waals surface area contributed by atoms with E-state index in [-0.39, 0.29) is 5.82 Å². The summed E-state index contributed by atoms with van der Waals surface area (Å²) in [4.78, 5) is 12.8. The Kier molecular flexibility index (Phi) is 5.92. The van der Waals surface area contributed by atoms with Gasteiger partial charge >= 0.3 is 0 Å². The van der Waals surface area contributed by atoms with Gasteiger partial charge in [0.05, 0.1) is 12.3 Å². The number of rotatable bonds is 6. The molecule has 0 saturated carbocycles. The number of sulfonamides is 1. The number of nitrogens with zero attached hydrogens (tertiary/aromatic N) is 1. The first-order chi connectivity index (χ1) is 11.7. The molecule has 0 unspecified atom stereocenters. The van der Waals surface area contributed by atoms with E-state index in [0.717, 1.165) is 16.1 Å². The zero-order valence-corrected chi connectivity index (χ0v) is 15.1. The molecule has 7 heteroatoms. The lowest BCUT2D eigenvalue weighted by Gasteiger charge is -2.27. The van der Waals surface area contributed by atoms with E-state index < -0.39 is 28.0 Å². The van der Waals surface area contributed by atoms with Crippen LogP contribution >= 0.6 is 0 Å². The first kappa shape index (κ1) is 19.1. The monoisotopic (exact) mass is 364 g/mol. The molecular weight excluding hydrogens is 343 g/mol. The minimum absolute atomic E-state index is 0.360. The number of hydrogen-bond donors (Lipinski definition) is 1. The van der Waals surface area contributed by atoms with Gasteiger partial charge in [0.2, 0.25) is 15.9 Å². The molecule has 0 aliphatic heterocycles. The Labute approximate surface area is 147 Å². The maximum atomic E-state index is 13.0. The molecule has 0 fully saturated rings. The third-order valence-corrected chi connectivity index (χ3v) is 5.24. The van der Waals surface area contributed by atoms with Gasteiger partial charge in [-0.15, -0.1) is 0 Å². The van der Waals surface area contributed by atoms with E-state index >= 15 is 0 Å². The third-order valence-electron chi connectivity index (χ3n) is 3.98. The van der Waals surface area contributed by atoms with Crippen molar-refractivity contribution in [2.45, 2.75) is 19.0 Å². The van der Waals surface area contributed by atoms with Crippen LogP contribution in [0.5, 0.6) is 0 Å². The maximum Gasteiger partial charge on any atom is 0.243 e. The van der Waals surface area contributed by atoms with Gasteiger partial charge in [-0.2, -0.15) is 4.31 Å². The number of hydrogen-bond acceptors (Lipinski definition) is 3. The number of likely N-dealkylation sites (N-methyl/N-ethyl adjacent to an activating group) is 1. The number of nitrogens with one attached hydrogen (secondary N) is 1. The van der Waals surface area contributed by atoms with E-state index in [1.165, 1.54) is 19.2 Å². The molecule has 5 nitrogen and oxygen atoms in total. The highest BCUT2D eigenvalue weighted by molar-refractivity contribution is 7.88. The molecule has 0 radical (unpaired) electrons. The number of amides is 1. The van der Waals surface area contributed by atoms with E-state index in [2.05, 4.69) is 5.32 Å². The summed E-state index contributed by atoms with van der Waals surface area (Å²) in [5.74, 6) is -0.808. The third kappa shape index (κ3) is 4.87. The predicted molar refractivity (Wildman–Crippen MR) is 94.7 cm³/mol. The van der Waals surface area contributed by atoms with Crippen molar-refractivity contribution in [3.8, 4) is 0 Å². The average molecular weight is 364 g/mol. The fourth-order valence-electron chi connectivity index (χ4n) is 2.48. The molecule has 0 heterocycles. The summed E-state index contributed by atoms with van der Waals surface area (Å²) in [6, 6.07) is 13.1. The van der Waals surface area contributed by atoms with Crippen molar-refractivity contribution in [3.05, 3.63) is 71.5 Å². The van der Waals surface area contributed by atoms with Crippen LogP contribution in [-0.2, 0) is 14.8 Å². The lowest BCUT2D eigenvalue weighted by Crippen LogP contribution is -2.42. The Bertz CT molecular complexity index is 823. The minimum Gasteiger partial charge on any atom is -0.348 e. The molecule has 0 bridgehead atoms. The van der Waals surface area contributed by atoms with Gasteiger partial charge in [-0.3, -0.25) is 4.79 Å². The molecule has 0 aliphatic rings. The molecular formula is C18H21FN2O3S. The van der Waals surface area contributed by atoms with E-state index in [9.17, 15) is 17.6 Å². The Morgan fingerprint density at radius 2 is 1.60 bits per heavy atom. The second kappa shape index (κ2) is 7.76.